The highest BCUT2D eigenvalue weighted by Crippen LogP contribution is 2.10. The molecule has 0 bridgehead atoms. The van der Waals surface area contributed by atoms with Crippen LogP contribution in [0.3, 0.4) is 0 Å². The number of imide groups is 1. The summed E-state index contributed by atoms with van der Waals surface area (Å²) >= 11 is 3.15. The number of halogens is 1. The zero-order chi connectivity index (χ0) is 10.3. The first-order valence-corrected chi connectivity index (χ1v) is 4.81. The van der Waals surface area contributed by atoms with E-state index in [9.17, 15) is 14.4 Å². The summed E-state index contributed by atoms with van der Waals surface area (Å²) in [5, 5.41) is 1.54. The predicted octanol–water partition coefficient (Wildman–Crippen LogP) is 0.625. The lowest BCUT2D eigenvalue weighted by atomic mass is 10.4. The third-order valence-electron chi connectivity index (χ3n) is 1.15. The van der Waals surface area contributed by atoms with E-state index < -0.39 is 11.8 Å². The van der Waals surface area contributed by atoms with Gasteiger partial charge in [0.05, 0.1) is 0 Å². The molecule has 1 fully saturated rings. The lowest BCUT2D eigenvalue weighted by molar-refractivity contribution is -0.188. The van der Waals surface area contributed by atoms with E-state index in [1.54, 1.807) is 0 Å². The van der Waals surface area contributed by atoms with Gasteiger partial charge in [-0.15, -0.1) is 5.06 Å². The Morgan fingerprint density at radius 1 is 1.46 bits per heavy atom. The fourth-order valence-corrected chi connectivity index (χ4v) is 0.717. The summed E-state index contributed by atoms with van der Waals surface area (Å²) in [7, 11) is 0. The minimum absolute atomic E-state index is 0.0567. The summed E-state index contributed by atoms with van der Waals surface area (Å²) in [5.41, 5.74) is 0. The number of hydrogen-bond donors (Lipinski definition) is 0. The zero-order valence-electron chi connectivity index (χ0n) is 7.16. The van der Waals surface area contributed by atoms with E-state index in [1.165, 1.54) is 0 Å². The van der Waals surface area contributed by atoms with E-state index in [4.69, 9.17) is 0 Å². The van der Waals surface area contributed by atoms with Crippen molar-refractivity contribution in [3.63, 3.8) is 0 Å². The van der Waals surface area contributed by atoms with Gasteiger partial charge in [-0.05, 0) is 0 Å². The first-order valence-electron chi connectivity index (χ1n) is 3.69. The Balaban J connectivity index is 0.000000424. The summed E-state index contributed by atoms with van der Waals surface area (Å²) in [6, 6.07) is 0. The Labute approximate surface area is 84.1 Å². The van der Waals surface area contributed by atoms with Crippen molar-refractivity contribution >= 4 is 34.2 Å². The van der Waals surface area contributed by atoms with E-state index >= 15 is 0 Å². The van der Waals surface area contributed by atoms with Crippen LogP contribution in [0.5, 0.6) is 0 Å². The number of nitrogens with zero attached hydrogens (tertiary/aromatic N) is 1. The van der Waals surface area contributed by atoms with Crippen LogP contribution in [-0.4, -0.2) is 28.7 Å². The number of hydroxylamine groups is 2. The molecule has 0 radical (unpaired) electrons. The second-order valence-electron chi connectivity index (χ2n) is 2.05. The van der Waals surface area contributed by atoms with Crippen molar-refractivity contribution in [2.24, 2.45) is 0 Å². The average molecular weight is 252 g/mol. The molecule has 0 aromatic carbocycles. The van der Waals surface area contributed by atoms with E-state index in [1.807, 2.05) is 6.92 Å². The molecule has 74 valence electrons. The Hall–Kier alpha value is -0.910. The van der Waals surface area contributed by atoms with Crippen LogP contribution in [0, 0.1) is 0 Å². The summed E-state index contributed by atoms with van der Waals surface area (Å²) in [5.74, 6) is -0.922. The monoisotopic (exact) mass is 251 g/mol. The minimum Gasteiger partial charge on any atom is -0.334 e. The molecule has 13 heavy (non-hydrogen) atoms. The van der Waals surface area contributed by atoms with Crippen molar-refractivity contribution in [1.82, 2.24) is 5.06 Å². The van der Waals surface area contributed by atoms with Gasteiger partial charge in [0.15, 0.2) is 0 Å². The third kappa shape index (κ3) is 4.02. The van der Waals surface area contributed by atoms with Crippen LogP contribution in [0.15, 0.2) is 0 Å². The quantitative estimate of drug-likeness (QED) is 0.410. The summed E-state index contributed by atoms with van der Waals surface area (Å²) in [6.45, 7) is 2.10. The molecule has 0 aliphatic carbocycles. The van der Waals surface area contributed by atoms with Crippen LogP contribution in [0.2, 0.25) is 0 Å². The maximum atomic E-state index is 10.6. The SMILES string of the molecule is CCBr.O=CON1C(=O)CCC1=O. The molecule has 1 rings (SSSR count). The van der Waals surface area contributed by atoms with Gasteiger partial charge in [-0.2, -0.15) is 0 Å². The normalized spacial score (nSPS) is 15.1. The maximum absolute atomic E-state index is 10.6. The summed E-state index contributed by atoms with van der Waals surface area (Å²) in [6.07, 6.45) is 0.263. The number of rotatable bonds is 2. The van der Waals surface area contributed by atoms with Crippen molar-refractivity contribution in [2.75, 3.05) is 5.33 Å². The van der Waals surface area contributed by atoms with Crippen molar-refractivity contribution in [1.29, 1.82) is 0 Å². The zero-order valence-corrected chi connectivity index (χ0v) is 8.74. The van der Waals surface area contributed by atoms with Gasteiger partial charge in [0, 0.05) is 18.2 Å². The second kappa shape index (κ2) is 6.59. The van der Waals surface area contributed by atoms with Crippen LogP contribution < -0.4 is 0 Å². The second-order valence-corrected chi connectivity index (χ2v) is 3.17. The lowest BCUT2D eigenvalue weighted by Crippen LogP contribution is -2.28. The van der Waals surface area contributed by atoms with E-state index in [2.05, 4.69) is 20.8 Å². The lowest BCUT2D eigenvalue weighted by Gasteiger charge is -2.06. The van der Waals surface area contributed by atoms with Gasteiger partial charge in [0.1, 0.15) is 0 Å². The number of alkyl halides is 1. The number of carbonyl (C=O) groups excluding carboxylic acids is 3. The van der Waals surface area contributed by atoms with Crippen LogP contribution in [0.1, 0.15) is 19.8 Å². The molecule has 2 amide bonds. The molecule has 0 atom stereocenters. The standard InChI is InChI=1S/C5H5NO4.C2H5Br/c7-3-10-6-4(8)1-2-5(6)9;1-2-3/h3H,1-2H2;2H2,1H3. The first-order chi connectivity index (χ1) is 6.17. The summed E-state index contributed by atoms with van der Waals surface area (Å²) < 4.78 is 0. The third-order valence-corrected chi connectivity index (χ3v) is 1.15. The number of hydrogen-bond acceptors (Lipinski definition) is 4. The number of amides is 2. The fourth-order valence-electron chi connectivity index (χ4n) is 0.717. The number of carbonyl (C=O) groups is 3. The average Bonchev–Trinajstić information content (AvgIpc) is 2.38. The van der Waals surface area contributed by atoms with E-state index in [0.29, 0.717) is 5.06 Å². The topological polar surface area (TPSA) is 63.7 Å². The van der Waals surface area contributed by atoms with Gasteiger partial charge in [0.25, 0.3) is 11.8 Å². The van der Waals surface area contributed by atoms with Crippen LogP contribution in [0.25, 0.3) is 0 Å². The van der Waals surface area contributed by atoms with Crippen LogP contribution in [0.4, 0.5) is 0 Å². The van der Waals surface area contributed by atoms with E-state index in [0.717, 1.165) is 5.33 Å². The molecular formula is C7H10BrNO4. The van der Waals surface area contributed by atoms with Crippen molar-refractivity contribution in [2.45, 2.75) is 19.8 Å². The van der Waals surface area contributed by atoms with Crippen LogP contribution >= 0.6 is 15.9 Å². The highest BCUT2D eigenvalue weighted by Gasteiger charge is 2.30. The molecule has 0 aromatic heterocycles. The molecule has 0 aromatic rings. The van der Waals surface area contributed by atoms with Crippen molar-refractivity contribution in [3.05, 3.63) is 0 Å². The molecule has 5 nitrogen and oxygen atoms in total. The van der Waals surface area contributed by atoms with Gasteiger partial charge >= 0.3 is 6.47 Å². The van der Waals surface area contributed by atoms with Crippen molar-refractivity contribution in [3.8, 4) is 0 Å². The minimum atomic E-state index is -0.461. The molecule has 0 saturated carbocycles. The van der Waals surface area contributed by atoms with Gasteiger partial charge in [-0.25, -0.2) is 0 Å². The van der Waals surface area contributed by atoms with Gasteiger partial charge < -0.3 is 4.84 Å². The molecule has 0 spiro atoms. The Morgan fingerprint density at radius 2 is 1.85 bits per heavy atom. The molecule has 0 N–H and O–H groups in total. The predicted molar refractivity (Wildman–Crippen MR) is 47.7 cm³/mol. The molecule has 1 heterocycles. The summed E-state index contributed by atoms with van der Waals surface area (Å²) in [4.78, 5) is 35.0. The molecular weight excluding hydrogens is 242 g/mol. The Bertz CT molecular complexity index is 191. The largest absolute Gasteiger partial charge is 0.334 e. The van der Waals surface area contributed by atoms with Gasteiger partial charge in [0.2, 0.25) is 0 Å². The van der Waals surface area contributed by atoms with Gasteiger partial charge in [-0.1, -0.05) is 22.9 Å². The van der Waals surface area contributed by atoms with Crippen molar-refractivity contribution < 1.29 is 19.2 Å². The smallest absolute Gasteiger partial charge is 0.321 e. The van der Waals surface area contributed by atoms with E-state index in [-0.39, 0.29) is 19.3 Å². The molecule has 1 aliphatic rings. The maximum Gasteiger partial charge on any atom is 0.321 e. The first kappa shape index (κ1) is 12.1. The van der Waals surface area contributed by atoms with Gasteiger partial charge in [-0.3, -0.25) is 14.4 Å². The van der Waals surface area contributed by atoms with Crippen LogP contribution in [-0.2, 0) is 19.2 Å². The highest BCUT2D eigenvalue weighted by molar-refractivity contribution is 9.09. The molecule has 0 unspecified atom stereocenters. The molecule has 1 saturated heterocycles. The Kier molecular flexibility index (Phi) is 6.13. The Morgan fingerprint density at radius 3 is 2.15 bits per heavy atom. The highest BCUT2D eigenvalue weighted by atomic mass is 79.9. The molecule has 6 heteroatoms. The molecule has 1 aliphatic heterocycles. The fraction of sp³-hybridized carbons (Fsp3) is 0.571.